The van der Waals surface area contributed by atoms with Crippen molar-refractivity contribution in [3.05, 3.63) is 35.9 Å². The van der Waals surface area contributed by atoms with Gasteiger partial charge in [-0.25, -0.2) is 8.42 Å². The summed E-state index contributed by atoms with van der Waals surface area (Å²) in [5.41, 5.74) is 0.509. The number of hydrogen-bond donors (Lipinski definition) is 2. The van der Waals surface area contributed by atoms with Gasteiger partial charge in [0.05, 0.1) is 17.9 Å². The smallest absolute Gasteiger partial charge is 0.148 e. The standard InChI is InChI=1S/C14H23NO3S2/c1-3-15-14(11-16,13-7-5-4-6-8-13)12-19-9-10-20(2,17)18/h4-8,15-16H,3,9-12H2,1-2H3. The third kappa shape index (κ3) is 5.44. The van der Waals surface area contributed by atoms with Crippen LogP contribution in [0.5, 0.6) is 0 Å². The monoisotopic (exact) mass is 317 g/mol. The van der Waals surface area contributed by atoms with Gasteiger partial charge in [0.2, 0.25) is 0 Å². The Morgan fingerprint density at radius 3 is 2.45 bits per heavy atom. The van der Waals surface area contributed by atoms with Crippen molar-refractivity contribution >= 4 is 21.6 Å². The van der Waals surface area contributed by atoms with Crippen LogP contribution >= 0.6 is 11.8 Å². The van der Waals surface area contributed by atoms with Crippen molar-refractivity contribution in [2.45, 2.75) is 12.5 Å². The van der Waals surface area contributed by atoms with E-state index in [1.165, 1.54) is 6.26 Å². The average molecular weight is 317 g/mol. The van der Waals surface area contributed by atoms with E-state index in [0.717, 1.165) is 12.1 Å². The van der Waals surface area contributed by atoms with Gasteiger partial charge < -0.3 is 10.4 Å². The molecule has 1 aromatic carbocycles. The number of aliphatic hydroxyl groups excluding tert-OH is 1. The molecule has 0 aliphatic rings. The minimum atomic E-state index is -2.93. The molecule has 0 saturated carbocycles. The third-order valence-electron chi connectivity index (χ3n) is 3.06. The fourth-order valence-corrected chi connectivity index (χ4v) is 4.52. The number of thioether (sulfide) groups is 1. The minimum absolute atomic E-state index is 0.0171. The molecule has 0 amide bonds. The Hall–Kier alpha value is -0.560. The molecule has 1 unspecified atom stereocenters. The molecule has 0 heterocycles. The molecule has 1 rings (SSSR count). The first-order valence-corrected chi connectivity index (χ1v) is 9.82. The zero-order chi connectivity index (χ0) is 15.1. The van der Waals surface area contributed by atoms with E-state index in [1.807, 2.05) is 37.3 Å². The van der Waals surface area contributed by atoms with Gasteiger partial charge in [-0.1, -0.05) is 37.3 Å². The summed E-state index contributed by atoms with van der Waals surface area (Å²) in [5.74, 6) is 1.34. The van der Waals surface area contributed by atoms with Gasteiger partial charge in [-0.05, 0) is 12.1 Å². The Balaban J connectivity index is 2.74. The lowest BCUT2D eigenvalue weighted by Gasteiger charge is -2.33. The molecule has 20 heavy (non-hydrogen) atoms. The largest absolute Gasteiger partial charge is 0.394 e. The maximum Gasteiger partial charge on any atom is 0.148 e. The molecule has 6 heteroatoms. The van der Waals surface area contributed by atoms with E-state index in [9.17, 15) is 13.5 Å². The molecule has 0 aromatic heterocycles. The number of benzene rings is 1. The molecule has 0 aliphatic carbocycles. The molecule has 1 aromatic rings. The van der Waals surface area contributed by atoms with E-state index in [-0.39, 0.29) is 12.4 Å². The van der Waals surface area contributed by atoms with Crippen LogP contribution < -0.4 is 5.32 Å². The molecule has 2 N–H and O–H groups in total. The molecule has 0 saturated heterocycles. The first kappa shape index (κ1) is 17.5. The van der Waals surface area contributed by atoms with Gasteiger partial charge in [0.25, 0.3) is 0 Å². The molecule has 0 bridgehead atoms. The van der Waals surface area contributed by atoms with Gasteiger partial charge >= 0.3 is 0 Å². The quantitative estimate of drug-likeness (QED) is 0.671. The van der Waals surface area contributed by atoms with Gasteiger partial charge in [0.1, 0.15) is 9.84 Å². The highest BCUT2D eigenvalue weighted by Gasteiger charge is 2.30. The second kappa shape index (κ2) is 8.02. The maximum atomic E-state index is 11.1. The highest BCUT2D eigenvalue weighted by molar-refractivity contribution is 8.00. The maximum absolute atomic E-state index is 11.1. The summed E-state index contributed by atoms with van der Waals surface area (Å²) in [4.78, 5) is 0. The average Bonchev–Trinajstić information content (AvgIpc) is 2.42. The summed E-state index contributed by atoms with van der Waals surface area (Å²) in [6.07, 6.45) is 1.24. The summed E-state index contributed by atoms with van der Waals surface area (Å²) in [7, 11) is -2.93. The van der Waals surface area contributed by atoms with Crippen LogP contribution in [0.2, 0.25) is 0 Å². The van der Waals surface area contributed by atoms with Gasteiger partial charge in [0.15, 0.2) is 0 Å². The number of rotatable bonds is 9. The van der Waals surface area contributed by atoms with Crippen molar-refractivity contribution < 1.29 is 13.5 Å². The van der Waals surface area contributed by atoms with E-state index in [2.05, 4.69) is 5.32 Å². The number of sulfone groups is 1. The molecule has 4 nitrogen and oxygen atoms in total. The topological polar surface area (TPSA) is 66.4 Å². The van der Waals surface area contributed by atoms with Gasteiger partial charge in [-0.3, -0.25) is 0 Å². The summed E-state index contributed by atoms with van der Waals surface area (Å²) in [6, 6.07) is 9.79. The van der Waals surface area contributed by atoms with Crippen LogP contribution in [-0.2, 0) is 15.4 Å². The number of nitrogens with one attached hydrogen (secondary N) is 1. The summed E-state index contributed by atoms with van der Waals surface area (Å²) >= 11 is 1.54. The zero-order valence-electron chi connectivity index (χ0n) is 12.0. The summed E-state index contributed by atoms with van der Waals surface area (Å²) in [6.45, 7) is 2.72. The Bertz CT molecular complexity index is 490. The predicted molar refractivity (Wildman–Crippen MR) is 85.9 cm³/mol. The highest BCUT2D eigenvalue weighted by atomic mass is 32.2. The number of aliphatic hydroxyl groups is 1. The van der Waals surface area contributed by atoms with Crippen molar-refractivity contribution in [1.29, 1.82) is 0 Å². The van der Waals surface area contributed by atoms with Crippen LogP contribution in [0.15, 0.2) is 30.3 Å². The van der Waals surface area contributed by atoms with Crippen LogP contribution in [0.3, 0.4) is 0 Å². The van der Waals surface area contributed by atoms with Gasteiger partial charge in [-0.2, -0.15) is 11.8 Å². The van der Waals surface area contributed by atoms with Crippen molar-refractivity contribution in [2.24, 2.45) is 0 Å². The molecule has 114 valence electrons. The Kier molecular flexibility index (Phi) is 7.02. The van der Waals surface area contributed by atoms with E-state index >= 15 is 0 Å². The van der Waals surface area contributed by atoms with Crippen LogP contribution in [0, 0.1) is 0 Å². The molecule has 1 atom stereocenters. The first-order chi connectivity index (χ1) is 9.43. The van der Waals surface area contributed by atoms with Gasteiger partial charge in [0, 0.05) is 17.8 Å². The SMILES string of the molecule is CCNC(CO)(CSCCS(C)(=O)=O)c1ccccc1. The second-order valence-electron chi connectivity index (χ2n) is 4.82. The second-order valence-corrected chi connectivity index (χ2v) is 8.18. The van der Waals surface area contributed by atoms with E-state index in [1.54, 1.807) is 11.8 Å². The number of likely N-dealkylation sites (N-methyl/N-ethyl adjacent to an activating group) is 1. The highest BCUT2D eigenvalue weighted by Crippen LogP contribution is 2.25. The zero-order valence-corrected chi connectivity index (χ0v) is 13.6. The Morgan fingerprint density at radius 1 is 1.30 bits per heavy atom. The summed E-state index contributed by atoms with van der Waals surface area (Å²) in [5, 5.41) is 13.2. The van der Waals surface area contributed by atoms with Crippen LogP contribution in [0.25, 0.3) is 0 Å². The Morgan fingerprint density at radius 2 is 1.95 bits per heavy atom. The third-order valence-corrected chi connectivity index (χ3v) is 5.45. The fourth-order valence-electron chi connectivity index (χ4n) is 1.98. The minimum Gasteiger partial charge on any atom is -0.394 e. The summed E-state index contributed by atoms with van der Waals surface area (Å²) < 4.78 is 22.3. The van der Waals surface area contributed by atoms with Crippen molar-refractivity contribution in [3.63, 3.8) is 0 Å². The van der Waals surface area contributed by atoms with Crippen LogP contribution in [0.4, 0.5) is 0 Å². The van der Waals surface area contributed by atoms with E-state index < -0.39 is 15.4 Å². The van der Waals surface area contributed by atoms with E-state index in [0.29, 0.717) is 11.5 Å². The van der Waals surface area contributed by atoms with Gasteiger partial charge in [-0.15, -0.1) is 0 Å². The molecule has 0 aliphatic heterocycles. The fraction of sp³-hybridized carbons (Fsp3) is 0.571. The Labute approximate surface area is 125 Å². The first-order valence-electron chi connectivity index (χ1n) is 6.60. The molecule has 0 radical (unpaired) electrons. The lowest BCUT2D eigenvalue weighted by atomic mass is 9.92. The lowest BCUT2D eigenvalue weighted by molar-refractivity contribution is 0.181. The lowest BCUT2D eigenvalue weighted by Crippen LogP contribution is -2.48. The van der Waals surface area contributed by atoms with Crippen molar-refractivity contribution in [2.75, 3.05) is 36.7 Å². The number of hydrogen-bond acceptors (Lipinski definition) is 5. The predicted octanol–water partition coefficient (Wildman–Crippen LogP) is 1.26. The molecular formula is C14H23NO3S2. The molecule has 0 spiro atoms. The van der Waals surface area contributed by atoms with E-state index in [4.69, 9.17) is 0 Å². The van der Waals surface area contributed by atoms with Crippen molar-refractivity contribution in [1.82, 2.24) is 5.32 Å². The van der Waals surface area contributed by atoms with Crippen LogP contribution in [0.1, 0.15) is 12.5 Å². The molecular weight excluding hydrogens is 294 g/mol. The normalized spacial score (nSPS) is 14.9. The molecule has 0 fully saturated rings. The van der Waals surface area contributed by atoms with Crippen LogP contribution in [-0.4, -0.2) is 50.2 Å². The van der Waals surface area contributed by atoms with Crippen molar-refractivity contribution in [3.8, 4) is 0 Å².